The number of hydrogen-bond acceptors (Lipinski definition) is 8. The average Bonchev–Trinajstić information content (AvgIpc) is 0.770. The van der Waals surface area contributed by atoms with E-state index in [1.54, 1.807) is 0 Å². The van der Waals surface area contributed by atoms with Gasteiger partial charge in [-0.05, 0) is 177 Å². The van der Waals surface area contributed by atoms with Crippen molar-refractivity contribution < 1.29 is 40.1 Å². The lowest BCUT2D eigenvalue weighted by atomic mass is 9.79. The summed E-state index contributed by atoms with van der Waals surface area (Å²) in [5.74, 6) is 2.35. The molecule has 0 atom stereocenters. The van der Waals surface area contributed by atoms with Crippen LogP contribution in [0.25, 0.3) is 0 Å². The normalized spacial score (nSPS) is 14.3. The van der Waals surface area contributed by atoms with Gasteiger partial charge in [-0.25, -0.2) is 0 Å². The van der Waals surface area contributed by atoms with Crippen molar-refractivity contribution in [3.63, 3.8) is 0 Å². The van der Waals surface area contributed by atoms with Gasteiger partial charge in [-0.1, -0.05) is 263 Å². The van der Waals surface area contributed by atoms with Crippen LogP contribution in [-0.2, 0) is 94.7 Å². The van der Waals surface area contributed by atoms with Gasteiger partial charge in [0.15, 0.2) is 0 Å². The minimum atomic E-state index is -0.313. The van der Waals surface area contributed by atoms with Crippen molar-refractivity contribution in [1.82, 2.24) is 0 Å². The Morgan fingerprint density at radius 3 is 0.408 bits per heavy atom. The lowest BCUT2D eigenvalue weighted by Gasteiger charge is -2.28. The van der Waals surface area contributed by atoms with Gasteiger partial charge in [-0.2, -0.15) is 0 Å². The van der Waals surface area contributed by atoms with Gasteiger partial charge >= 0.3 is 0 Å². The summed E-state index contributed by atoms with van der Waals surface area (Å²) >= 11 is 0. The number of benzene rings is 8. The molecule has 16 bridgehead atoms. The van der Waals surface area contributed by atoms with Crippen LogP contribution in [-0.4, -0.2) is 43.9 Å². The molecule has 0 fully saturated rings. The zero-order valence-corrected chi connectivity index (χ0v) is 63.8. The average molecular weight is 1320 g/mol. The summed E-state index contributed by atoms with van der Waals surface area (Å²) in [6.45, 7) is 52.9. The molecule has 522 valence electrons. The Hall–Kier alpha value is -7.84. The van der Waals surface area contributed by atoms with Gasteiger partial charge in [-0.15, -0.1) is 0 Å². The van der Waals surface area contributed by atoms with Crippen LogP contribution in [0.4, 0.5) is 0 Å². The van der Waals surface area contributed by atoms with E-state index < -0.39 is 0 Å². The molecule has 0 saturated heterocycles. The molecule has 0 heterocycles. The Labute approximate surface area is 587 Å². The largest absolute Gasteiger partial charge is 0.507 e. The van der Waals surface area contributed by atoms with Crippen LogP contribution in [0.1, 0.15) is 300 Å². The zero-order valence-electron chi connectivity index (χ0n) is 63.8. The Bertz CT molecular complexity index is 3880. The molecular formula is C90H114O8. The van der Waals surface area contributed by atoms with Gasteiger partial charge in [0.25, 0.3) is 0 Å². The molecule has 0 aliphatic heterocycles. The third-order valence-corrected chi connectivity index (χ3v) is 20.6. The first-order valence-electron chi connectivity index (χ1n) is 35.7. The third kappa shape index (κ3) is 15.6. The first-order chi connectivity index (χ1) is 45.0. The molecule has 0 saturated carbocycles. The molecule has 2 aliphatic carbocycles. The number of fused-ring (bicyclic) bond motifs is 16. The van der Waals surface area contributed by atoms with Crippen LogP contribution in [0, 0.1) is 0 Å². The predicted octanol–water partition coefficient (Wildman–Crippen LogP) is 21.1. The second-order valence-corrected chi connectivity index (χ2v) is 37.2. The quantitative estimate of drug-likeness (QED) is 0.0937. The van der Waals surface area contributed by atoms with E-state index in [0.717, 1.165) is 111 Å². The highest BCUT2D eigenvalue weighted by atomic mass is 16.5. The number of phenols is 6. The van der Waals surface area contributed by atoms with E-state index in [-0.39, 0.29) is 117 Å². The Morgan fingerprint density at radius 2 is 0.296 bits per heavy atom. The van der Waals surface area contributed by atoms with Crippen molar-refractivity contribution in [2.75, 3.05) is 13.2 Å². The highest BCUT2D eigenvalue weighted by molar-refractivity contribution is 5.62. The standard InChI is InChI=1S/C90H114O8/c1-83(2,3)67-35-51-27-55-39-69(85(7,8)9)43-59(77(55)93)31-63-47-73(89(19,20)21)48-64(32-60-44-70(86(10,11)12)40-56(78(60)94)28-52(36-67)75(51)91)81(63)97-25-26-98-82-65-33-61-45-71(87(13,14)15)41-57(79(61)95)29-53-37-68(84(4,5)6)38-54(76(53)92)30-58-42-72(88(16,17)18)46-62(80(58)96)34-66(82)50-74(49-65)90(22,23)24/h35-50,91-96H,25-34H2,1-24H3. The molecule has 0 radical (unpaired) electrons. The van der Waals surface area contributed by atoms with Gasteiger partial charge in [0.2, 0.25) is 0 Å². The van der Waals surface area contributed by atoms with Gasteiger partial charge in [-0.3, -0.25) is 0 Å². The zero-order chi connectivity index (χ0) is 72.3. The molecule has 0 amide bonds. The van der Waals surface area contributed by atoms with Gasteiger partial charge in [0.05, 0.1) is 0 Å². The van der Waals surface area contributed by atoms with Crippen molar-refractivity contribution in [2.24, 2.45) is 0 Å². The second-order valence-electron chi connectivity index (χ2n) is 37.2. The molecule has 0 aromatic heterocycles. The lowest BCUT2D eigenvalue weighted by Crippen LogP contribution is -2.18. The van der Waals surface area contributed by atoms with Crippen LogP contribution in [0.15, 0.2) is 97.1 Å². The maximum absolute atomic E-state index is 12.9. The van der Waals surface area contributed by atoms with Crippen LogP contribution < -0.4 is 9.47 Å². The van der Waals surface area contributed by atoms with Gasteiger partial charge in [0.1, 0.15) is 59.2 Å². The molecule has 6 N–H and O–H groups in total. The molecule has 8 nitrogen and oxygen atoms in total. The van der Waals surface area contributed by atoms with Gasteiger partial charge in [0, 0.05) is 51.4 Å². The third-order valence-electron chi connectivity index (χ3n) is 20.6. The van der Waals surface area contributed by atoms with Gasteiger partial charge < -0.3 is 40.1 Å². The van der Waals surface area contributed by atoms with Crippen LogP contribution >= 0.6 is 0 Å². The predicted molar refractivity (Wildman–Crippen MR) is 405 cm³/mol. The maximum Gasteiger partial charge on any atom is 0.126 e. The smallest absolute Gasteiger partial charge is 0.126 e. The number of ether oxygens (including phenoxy) is 2. The fourth-order valence-electron chi connectivity index (χ4n) is 14.0. The number of rotatable bonds is 5. The Kier molecular flexibility index (Phi) is 19.1. The van der Waals surface area contributed by atoms with Crippen molar-refractivity contribution in [3.05, 3.63) is 231 Å². The first-order valence-corrected chi connectivity index (χ1v) is 35.7. The summed E-state index contributed by atoms with van der Waals surface area (Å²) in [5.41, 5.74) is 18.4. The number of hydrogen-bond donors (Lipinski definition) is 6. The summed E-state index contributed by atoms with van der Waals surface area (Å²) in [6.07, 6.45) is 2.39. The van der Waals surface area contributed by atoms with E-state index in [9.17, 15) is 30.6 Å². The second kappa shape index (κ2) is 25.7. The fraction of sp³-hybridized carbons (Fsp3) is 0.467. The number of phenolic OH excluding ortho intramolecular Hbond substituents is 6. The number of aromatic hydroxyl groups is 6. The molecule has 8 aromatic carbocycles. The minimum absolute atomic E-state index is 0.110. The summed E-state index contributed by atoms with van der Waals surface area (Å²) in [4.78, 5) is 0. The van der Waals surface area contributed by atoms with Crippen LogP contribution in [0.3, 0.4) is 0 Å². The highest BCUT2D eigenvalue weighted by Crippen LogP contribution is 2.47. The molecule has 10 rings (SSSR count). The molecule has 98 heavy (non-hydrogen) atoms. The van der Waals surface area contributed by atoms with Crippen molar-refractivity contribution >= 4 is 0 Å². The van der Waals surface area contributed by atoms with Crippen LogP contribution in [0.5, 0.6) is 46.0 Å². The topological polar surface area (TPSA) is 140 Å². The van der Waals surface area contributed by atoms with Crippen molar-refractivity contribution in [1.29, 1.82) is 0 Å². The monoisotopic (exact) mass is 1320 g/mol. The van der Waals surface area contributed by atoms with E-state index in [1.165, 1.54) is 0 Å². The SMILES string of the molecule is CC(C)(C)c1cc2c(O)c(c1)Cc1cc(C(C)(C)C)cc(c1O)Cc1cc(C(C)(C)C)cc(c1OCCOc1c3cc(C(C)(C)C)cc1Cc1cc(C(C)(C)C)cc(c1O)Cc1cc(C(C)(C)C)cc(c1O)Cc1cc(C(C)(C)C)cc(c1O)C3)Cc1cc(C(C)(C)C)cc(c1O)C2. The molecule has 2 aliphatic rings. The Balaban J connectivity index is 1.17. The van der Waals surface area contributed by atoms with E-state index >= 15 is 0 Å². The Morgan fingerprint density at radius 1 is 0.194 bits per heavy atom. The van der Waals surface area contributed by atoms with E-state index in [0.29, 0.717) is 59.4 Å². The lowest BCUT2D eigenvalue weighted by molar-refractivity contribution is 0.212. The molecule has 8 heteroatoms. The molecular weight excluding hydrogens is 1210 g/mol. The van der Waals surface area contributed by atoms with E-state index in [4.69, 9.17) is 9.47 Å². The van der Waals surface area contributed by atoms with E-state index in [1.807, 2.05) is 0 Å². The highest BCUT2D eigenvalue weighted by Gasteiger charge is 2.32. The van der Waals surface area contributed by atoms with Crippen molar-refractivity contribution in [2.45, 2.75) is 261 Å². The van der Waals surface area contributed by atoms with Crippen molar-refractivity contribution in [3.8, 4) is 46.0 Å². The summed E-state index contributed by atoms with van der Waals surface area (Å²) in [7, 11) is 0. The molecule has 0 spiro atoms. The van der Waals surface area contributed by atoms with E-state index in [2.05, 4.69) is 263 Å². The first kappa shape index (κ1) is 72.9. The molecule has 0 unspecified atom stereocenters. The fourth-order valence-corrected chi connectivity index (χ4v) is 14.0. The maximum atomic E-state index is 12.9. The summed E-state index contributed by atoms with van der Waals surface area (Å²) < 4.78 is 14.7. The minimum Gasteiger partial charge on any atom is -0.507 e. The summed E-state index contributed by atoms with van der Waals surface area (Å²) in [6, 6.07) is 34.2. The van der Waals surface area contributed by atoms with Crippen LogP contribution in [0.2, 0.25) is 0 Å². The molecule has 8 aromatic rings. The summed E-state index contributed by atoms with van der Waals surface area (Å²) in [5, 5.41) is 76.3.